The minimum atomic E-state index is 0.119. The average molecular weight is 210 g/mol. The van der Waals surface area contributed by atoms with E-state index < -0.39 is 0 Å². The van der Waals surface area contributed by atoms with E-state index in [9.17, 15) is 0 Å². The highest BCUT2D eigenvalue weighted by Crippen LogP contribution is 2.28. The number of rotatable bonds is 5. The fourth-order valence-electron chi connectivity index (χ4n) is 2.19. The monoisotopic (exact) mass is 210 g/mol. The molecule has 0 saturated heterocycles. The summed E-state index contributed by atoms with van der Waals surface area (Å²) in [6.07, 6.45) is 8.11. The summed E-state index contributed by atoms with van der Waals surface area (Å²) in [6.45, 7) is 0.887. The van der Waals surface area contributed by atoms with E-state index in [2.05, 4.69) is 15.5 Å². The fraction of sp³-hybridized carbons (Fsp3) is 0.800. The van der Waals surface area contributed by atoms with Crippen molar-refractivity contribution in [1.29, 1.82) is 0 Å². The van der Waals surface area contributed by atoms with Gasteiger partial charge in [0.05, 0.1) is 0 Å². The second-order valence-corrected chi connectivity index (χ2v) is 4.16. The molecule has 1 heterocycles. The lowest BCUT2D eigenvalue weighted by Gasteiger charge is -2.07. The van der Waals surface area contributed by atoms with Crippen molar-refractivity contribution >= 4 is 12.0 Å². The lowest BCUT2D eigenvalue weighted by atomic mass is 10.0. The summed E-state index contributed by atoms with van der Waals surface area (Å²) in [5.41, 5.74) is 5.30. The lowest BCUT2D eigenvalue weighted by Crippen LogP contribution is -2.04. The molecule has 1 fully saturated rings. The maximum atomic E-state index is 5.30. The Balaban J connectivity index is 1.58. The van der Waals surface area contributed by atoms with Crippen molar-refractivity contribution in [2.75, 3.05) is 17.6 Å². The minimum Gasteiger partial charge on any atom is -0.390 e. The first kappa shape index (κ1) is 10.3. The zero-order valence-corrected chi connectivity index (χ0v) is 8.91. The molecule has 0 spiro atoms. The van der Waals surface area contributed by atoms with E-state index in [0.717, 1.165) is 18.9 Å². The second kappa shape index (κ2) is 5.00. The van der Waals surface area contributed by atoms with Crippen LogP contribution in [0.25, 0.3) is 0 Å². The second-order valence-electron chi connectivity index (χ2n) is 4.16. The van der Waals surface area contributed by atoms with Crippen LogP contribution in [-0.2, 0) is 0 Å². The van der Waals surface area contributed by atoms with Crippen LogP contribution in [0.2, 0.25) is 0 Å². The first-order chi connectivity index (χ1) is 7.34. The molecule has 3 N–H and O–H groups in total. The van der Waals surface area contributed by atoms with Crippen LogP contribution in [0.4, 0.5) is 12.0 Å². The molecule has 1 aliphatic rings. The van der Waals surface area contributed by atoms with E-state index in [1.165, 1.54) is 32.1 Å². The van der Waals surface area contributed by atoms with Crippen LogP contribution in [-0.4, -0.2) is 16.7 Å². The summed E-state index contributed by atoms with van der Waals surface area (Å²) in [6, 6.07) is 0.548. The first-order valence-corrected chi connectivity index (χ1v) is 5.67. The van der Waals surface area contributed by atoms with Gasteiger partial charge in [-0.3, -0.25) is 0 Å². The summed E-state index contributed by atoms with van der Waals surface area (Å²) in [5, 5.41) is 10.4. The summed E-state index contributed by atoms with van der Waals surface area (Å²) in [7, 11) is 0. The molecule has 5 heteroatoms. The molecule has 1 aliphatic carbocycles. The van der Waals surface area contributed by atoms with Crippen LogP contribution >= 0.6 is 0 Å². The molecule has 15 heavy (non-hydrogen) atoms. The first-order valence-electron chi connectivity index (χ1n) is 5.67. The summed E-state index contributed by atoms with van der Waals surface area (Å²) in [5.74, 6) is 0.944. The number of hydrogen-bond donors (Lipinski definition) is 2. The van der Waals surface area contributed by atoms with E-state index in [-0.39, 0.29) is 6.01 Å². The van der Waals surface area contributed by atoms with Gasteiger partial charge in [-0.1, -0.05) is 35.9 Å². The third-order valence-electron chi connectivity index (χ3n) is 2.98. The predicted octanol–water partition coefficient (Wildman–Crippen LogP) is 2.03. The molecule has 0 aromatic carbocycles. The van der Waals surface area contributed by atoms with Crippen molar-refractivity contribution < 1.29 is 4.42 Å². The van der Waals surface area contributed by atoms with Crippen LogP contribution < -0.4 is 11.1 Å². The highest BCUT2D eigenvalue weighted by atomic mass is 16.4. The van der Waals surface area contributed by atoms with Gasteiger partial charge in [0.25, 0.3) is 0 Å². The van der Waals surface area contributed by atoms with Gasteiger partial charge in [-0.2, -0.15) is 0 Å². The van der Waals surface area contributed by atoms with Crippen LogP contribution in [0.1, 0.15) is 38.5 Å². The smallest absolute Gasteiger partial charge is 0.316 e. The highest BCUT2D eigenvalue weighted by Gasteiger charge is 2.14. The topological polar surface area (TPSA) is 77.0 Å². The lowest BCUT2D eigenvalue weighted by molar-refractivity contribution is 0.488. The van der Waals surface area contributed by atoms with Crippen molar-refractivity contribution in [3.8, 4) is 0 Å². The van der Waals surface area contributed by atoms with Gasteiger partial charge in [-0.25, -0.2) is 0 Å². The molecular weight excluding hydrogens is 192 g/mol. The van der Waals surface area contributed by atoms with Crippen molar-refractivity contribution in [3.05, 3.63) is 0 Å². The summed E-state index contributed by atoms with van der Waals surface area (Å²) < 4.78 is 5.00. The quantitative estimate of drug-likeness (QED) is 0.727. The van der Waals surface area contributed by atoms with E-state index in [4.69, 9.17) is 10.2 Å². The van der Waals surface area contributed by atoms with Gasteiger partial charge >= 0.3 is 12.0 Å². The van der Waals surface area contributed by atoms with E-state index in [1.54, 1.807) is 0 Å². The number of nitrogens with one attached hydrogen (secondary N) is 1. The molecule has 1 saturated carbocycles. The zero-order chi connectivity index (χ0) is 10.5. The zero-order valence-electron chi connectivity index (χ0n) is 8.91. The van der Waals surface area contributed by atoms with Crippen LogP contribution in [0.5, 0.6) is 0 Å². The molecular formula is C10H18N4O. The maximum Gasteiger partial charge on any atom is 0.316 e. The Morgan fingerprint density at radius 3 is 2.80 bits per heavy atom. The van der Waals surface area contributed by atoms with Gasteiger partial charge in [-0.15, -0.1) is 0 Å². The van der Waals surface area contributed by atoms with Gasteiger partial charge in [0, 0.05) is 6.54 Å². The molecule has 2 rings (SSSR count). The number of anilines is 2. The van der Waals surface area contributed by atoms with Gasteiger partial charge in [0.1, 0.15) is 0 Å². The molecule has 0 unspecified atom stereocenters. The molecule has 0 bridgehead atoms. The molecule has 0 aliphatic heterocycles. The van der Waals surface area contributed by atoms with E-state index >= 15 is 0 Å². The van der Waals surface area contributed by atoms with Gasteiger partial charge in [-0.05, 0) is 18.8 Å². The Kier molecular flexibility index (Phi) is 3.42. The third kappa shape index (κ3) is 3.11. The van der Waals surface area contributed by atoms with E-state index in [1.807, 2.05) is 0 Å². The number of nitrogens with two attached hydrogens (primary N) is 1. The predicted molar refractivity (Wildman–Crippen MR) is 58.4 cm³/mol. The highest BCUT2D eigenvalue weighted by molar-refractivity contribution is 5.21. The Hall–Kier alpha value is -1.26. The Morgan fingerprint density at radius 1 is 1.33 bits per heavy atom. The van der Waals surface area contributed by atoms with Gasteiger partial charge < -0.3 is 15.5 Å². The Bertz CT molecular complexity index is 293. The maximum absolute atomic E-state index is 5.30. The number of nitrogen functional groups attached to an aromatic ring is 1. The van der Waals surface area contributed by atoms with Crippen molar-refractivity contribution in [2.24, 2.45) is 5.92 Å². The summed E-state index contributed by atoms with van der Waals surface area (Å²) in [4.78, 5) is 0. The summed E-state index contributed by atoms with van der Waals surface area (Å²) >= 11 is 0. The van der Waals surface area contributed by atoms with Gasteiger partial charge in [0.2, 0.25) is 0 Å². The third-order valence-corrected chi connectivity index (χ3v) is 2.98. The van der Waals surface area contributed by atoms with Crippen molar-refractivity contribution in [1.82, 2.24) is 10.2 Å². The molecule has 5 nitrogen and oxygen atoms in total. The SMILES string of the molecule is Nc1nnc(NCCCC2CCCC2)o1. The molecule has 1 aromatic heterocycles. The number of nitrogens with zero attached hydrogens (tertiary/aromatic N) is 2. The van der Waals surface area contributed by atoms with Gasteiger partial charge in [0.15, 0.2) is 0 Å². The largest absolute Gasteiger partial charge is 0.390 e. The minimum absolute atomic E-state index is 0.119. The Morgan fingerprint density at radius 2 is 2.13 bits per heavy atom. The van der Waals surface area contributed by atoms with E-state index in [0.29, 0.717) is 6.01 Å². The number of hydrogen-bond acceptors (Lipinski definition) is 5. The number of aromatic nitrogens is 2. The van der Waals surface area contributed by atoms with Crippen molar-refractivity contribution in [3.63, 3.8) is 0 Å². The molecule has 1 aromatic rings. The van der Waals surface area contributed by atoms with Crippen LogP contribution in [0.15, 0.2) is 4.42 Å². The fourth-order valence-corrected chi connectivity index (χ4v) is 2.19. The normalized spacial score (nSPS) is 17.1. The average Bonchev–Trinajstić information content (AvgIpc) is 2.84. The van der Waals surface area contributed by atoms with Crippen LogP contribution in [0, 0.1) is 5.92 Å². The molecule has 0 amide bonds. The van der Waals surface area contributed by atoms with Crippen molar-refractivity contribution in [2.45, 2.75) is 38.5 Å². The molecule has 84 valence electrons. The molecule has 0 atom stereocenters. The standard InChI is InChI=1S/C10H18N4O/c11-9-13-14-10(15-9)12-7-3-6-8-4-1-2-5-8/h8H,1-7H2,(H2,11,13)(H,12,14). The Labute approximate surface area is 89.4 Å². The van der Waals surface area contributed by atoms with Crippen LogP contribution in [0.3, 0.4) is 0 Å². The molecule has 0 radical (unpaired) electrons.